The van der Waals surface area contributed by atoms with E-state index >= 15 is 0 Å². The van der Waals surface area contributed by atoms with Crippen molar-refractivity contribution >= 4 is 21.4 Å². The zero-order chi connectivity index (χ0) is 16.2. The van der Waals surface area contributed by atoms with Gasteiger partial charge < -0.3 is 5.73 Å². The first-order valence-electron chi connectivity index (χ1n) is 6.38. The van der Waals surface area contributed by atoms with Crippen LogP contribution in [0, 0.1) is 21.8 Å². The molecule has 1 rings (SSSR count). The fourth-order valence-electron chi connectivity index (χ4n) is 1.78. The molecule has 0 aliphatic heterocycles. The summed E-state index contributed by atoms with van der Waals surface area (Å²) in [6.07, 6.45) is 1.42. The van der Waals surface area contributed by atoms with Gasteiger partial charge in [-0.1, -0.05) is 13.8 Å². The average molecular weight is 319 g/mol. The smallest absolute Gasteiger partial charge is 0.274 e. The number of non-ortho nitro benzene ring substituents is 1. The van der Waals surface area contributed by atoms with Crippen LogP contribution in [0.1, 0.15) is 26.7 Å². The molecule has 118 valence electrons. The van der Waals surface area contributed by atoms with Crippen molar-refractivity contribution in [2.45, 2.75) is 31.6 Å². The number of benzene rings is 1. The molecule has 0 radical (unpaired) electrons. The van der Waals surface area contributed by atoms with E-state index in [1.165, 1.54) is 0 Å². The fraction of sp³-hybridized carbons (Fsp3) is 0.500. The molecule has 0 saturated carbocycles. The number of nitro benzene ring substituents is 1. The maximum absolute atomic E-state index is 13.8. The molecule has 0 bridgehead atoms. The second-order valence-corrected chi connectivity index (χ2v) is 6.74. The van der Waals surface area contributed by atoms with Crippen molar-refractivity contribution in [1.29, 1.82) is 0 Å². The zero-order valence-electron chi connectivity index (χ0n) is 11.8. The van der Waals surface area contributed by atoms with Crippen LogP contribution in [0.5, 0.6) is 0 Å². The summed E-state index contributed by atoms with van der Waals surface area (Å²) in [7, 11) is -4.13. The number of sulfonamides is 1. The molecule has 0 fully saturated rings. The number of nitrogens with zero attached hydrogens (tertiary/aromatic N) is 1. The van der Waals surface area contributed by atoms with Crippen molar-refractivity contribution in [3.8, 4) is 0 Å². The maximum Gasteiger partial charge on any atom is 0.274 e. The Hall–Kier alpha value is -1.74. The predicted molar refractivity (Wildman–Crippen MR) is 76.7 cm³/mol. The van der Waals surface area contributed by atoms with Crippen LogP contribution in [0.4, 0.5) is 15.8 Å². The van der Waals surface area contributed by atoms with Crippen molar-refractivity contribution in [2.24, 2.45) is 5.92 Å². The van der Waals surface area contributed by atoms with Crippen molar-refractivity contribution in [1.82, 2.24) is 4.72 Å². The summed E-state index contributed by atoms with van der Waals surface area (Å²) >= 11 is 0. The summed E-state index contributed by atoms with van der Waals surface area (Å²) in [4.78, 5) is 8.97. The molecule has 21 heavy (non-hydrogen) atoms. The monoisotopic (exact) mass is 319 g/mol. The van der Waals surface area contributed by atoms with Gasteiger partial charge in [-0.2, -0.15) is 0 Å². The Morgan fingerprint density at radius 3 is 2.52 bits per heavy atom. The van der Waals surface area contributed by atoms with E-state index in [-0.39, 0.29) is 6.54 Å². The lowest BCUT2D eigenvalue weighted by Crippen LogP contribution is -2.27. The van der Waals surface area contributed by atoms with Crippen LogP contribution in [-0.4, -0.2) is 19.9 Å². The standard InChI is InChI=1S/C12H18FN3O4S/c1-8(2)4-3-5-15-21(19,20)12-10(13)6-9(16(17)18)7-11(12)14/h6-8,15H,3-5,14H2,1-2H3. The summed E-state index contributed by atoms with van der Waals surface area (Å²) in [5, 5.41) is 10.6. The van der Waals surface area contributed by atoms with Crippen LogP contribution >= 0.6 is 0 Å². The van der Waals surface area contributed by atoms with Crippen molar-refractivity contribution < 1.29 is 17.7 Å². The first kappa shape index (κ1) is 17.3. The summed E-state index contributed by atoms with van der Waals surface area (Å²) in [5.41, 5.74) is 4.35. The fourth-order valence-corrected chi connectivity index (χ4v) is 3.02. The highest BCUT2D eigenvalue weighted by atomic mass is 32.2. The average Bonchev–Trinajstić information content (AvgIpc) is 2.33. The van der Waals surface area contributed by atoms with Gasteiger partial charge in [-0.15, -0.1) is 0 Å². The Morgan fingerprint density at radius 2 is 2.05 bits per heavy atom. The highest BCUT2D eigenvalue weighted by molar-refractivity contribution is 7.89. The topological polar surface area (TPSA) is 115 Å². The molecule has 1 aromatic carbocycles. The second kappa shape index (κ2) is 6.81. The van der Waals surface area contributed by atoms with Gasteiger partial charge in [0.05, 0.1) is 16.7 Å². The van der Waals surface area contributed by atoms with Crippen LogP contribution in [-0.2, 0) is 10.0 Å². The Balaban J connectivity index is 2.96. The molecule has 0 unspecified atom stereocenters. The highest BCUT2D eigenvalue weighted by Crippen LogP contribution is 2.27. The number of nitrogens with one attached hydrogen (secondary N) is 1. The second-order valence-electron chi connectivity index (χ2n) is 5.04. The molecule has 0 heterocycles. The number of rotatable bonds is 7. The van der Waals surface area contributed by atoms with E-state index in [0.29, 0.717) is 18.4 Å². The number of hydrogen-bond acceptors (Lipinski definition) is 5. The molecule has 9 heteroatoms. The molecule has 0 amide bonds. The predicted octanol–water partition coefficient (Wildman–Crippen LogP) is 2.03. The van der Waals surface area contributed by atoms with Gasteiger partial charge in [-0.25, -0.2) is 17.5 Å². The quantitative estimate of drug-likeness (QED) is 0.345. The molecule has 1 aromatic rings. The lowest BCUT2D eigenvalue weighted by Gasteiger charge is -2.10. The number of anilines is 1. The summed E-state index contributed by atoms with van der Waals surface area (Å²) in [6.45, 7) is 4.15. The first-order chi connectivity index (χ1) is 9.65. The molecule has 0 aliphatic carbocycles. The van der Waals surface area contributed by atoms with Crippen LogP contribution < -0.4 is 10.5 Å². The first-order valence-corrected chi connectivity index (χ1v) is 7.86. The third kappa shape index (κ3) is 4.64. The van der Waals surface area contributed by atoms with Crippen LogP contribution in [0.2, 0.25) is 0 Å². The minimum Gasteiger partial charge on any atom is -0.397 e. The lowest BCUT2D eigenvalue weighted by atomic mass is 10.1. The molecular formula is C12H18FN3O4S. The van der Waals surface area contributed by atoms with Gasteiger partial charge in [0.25, 0.3) is 5.69 Å². The Labute approximate surface area is 122 Å². The number of nitrogen functional groups attached to an aromatic ring is 1. The third-order valence-electron chi connectivity index (χ3n) is 2.79. The van der Waals surface area contributed by atoms with Gasteiger partial charge in [-0.3, -0.25) is 10.1 Å². The van der Waals surface area contributed by atoms with Gasteiger partial charge >= 0.3 is 0 Å². The Morgan fingerprint density at radius 1 is 1.43 bits per heavy atom. The van der Waals surface area contributed by atoms with E-state index in [9.17, 15) is 22.9 Å². The minimum atomic E-state index is -4.13. The Bertz CT molecular complexity index is 608. The van der Waals surface area contributed by atoms with Crippen LogP contribution in [0.25, 0.3) is 0 Å². The molecule has 7 nitrogen and oxygen atoms in total. The van der Waals surface area contributed by atoms with Gasteiger partial charge in [0.15, 0.2) is 5.82 Å². The van der Waals surface area contributed by atoms with Crippen molar-refractivity contribution in [3.63, 3.8) is 0 Å². The van der Waals surface area contributed by atoms with E-state index in [1.54, 1.807) is 0 Å². The number of nitro groups is 1. The Kier molecular flexibility index (Phi) is 5.62. The largest absolute Gasteiger partial charge is 0.397 e. The van der Waals surface area contributed by atoms with Crippen LogP contribution in [0.15, 0.2) is 17.0 Å². The summed E-state index contributed by atoms with van der Waals surface area (Å²) in [6, 6.07) is 1.37. The summed E-state index contributed by atoms with van der Waals surface area (Å²) < 4.78 is 40.0. The zero-order valence-corrected chi connectivity index (χ0v) is 12.6. The normalized spacial score (nSPS) is 11.8. The van der Waals surface area contributed by atoms with E-state index in [1.807, 2.05) is 13.8 Å². The van der Waals surface area contributed by atoms with Gasteiger partial charge in [-0.05, 0) is 18.8 Å². The van der Waals surface area contributed by atoms with E-state index < -0.39 is 37.0 Å². The highest BCUT2D eigenvalue weighted by Gasteiger charge is 2.25. The van der Waals surface area contributed by atoms with E-state index in [4.69, 9.17) is 5.73 Å². The molecule has 0 spiro atoms. The third-order valence-corrected chi connectivity index (χ3v) is 4.34. The SMILES string of the molecule is CC(C)CCCNS(=O)(=O)c1c(N)cc([N+](=O)[O-])cc1F. The van der Waals surface area contributed by atoms with E-state index in [2.05, 4.69) is 4.72 Å². The summed E-state index contributed by atoms with van der Waals surface area (Å²) in [5.74, 6) is -0.811. The van der Waals surface area contributed by atoms with Gasteiger partial charge in [0.1, 0.15) is 4.90 Å². The number of nitrogens with two attached hydrogens (primary N) is 1. The molecule has 0 aromatic heterocycles. The number of halogens is 1. The number of hydrogen-bond donors (Lipinski definition) is 2. The van der Waals surface area contributed by atoms with Crippen LogP contribution in [0.3, 0.4) is 0 Å². The van der Waals surface area contributed by atoms with Gasteiger partial charge in [0, 0.05) is 12.6 Å². The van der Waals surface area contributed by atoms with E-state index in [0.717, 1.165) is 12.5 Å². The molecular weight excluding hydrogens is 301 g/mol. The minimum absolute atomic E-state index is 0.149. The molecule has 3 N–H and O–H groups in total. The molecule has 0 atom stereocenters. The molecule has 0 aliphatic rings. The molecule has 0 saturated heterocycles. The lowest BCUT2D eigenvalue weighted by molar-refractivity contribution is -0.385. The van der Waals surface area contributed by atoms with Crippen molar-refractivity contribution in [3.05, 3.63) is 28.1 Å². The van der Waals surface area contributed by atoms with Gasteiger partial charge in [0.2, 0.25) is 10.0 Å². The maximum atomic E-state index is 13.8. The van der Waals surface area contributed by atoms with Crippen molar-refractivity contribution in [2.75, 3.05) is 12.3 Å².